The van der Waals surface area contributed by atoms with Gasteiger partial charge in [-0.1, -0.05) is 0 Å². The summed E-state index contributed by atoms with van der Waals surface area (Å²) in [5.41, 5.74) is 3.46. The van der Waals surface area contributed by atoms with Gasteiger partial charge in [-0.2, -0.15) is 0 Å². The van der Waals surface area contributed by atoms with Crippen molar-refractivity contribution in [3.8, 4) is 5.69 Å². The Morgan fingerprint density at radius 3 is 2.73 bits per heavy atom. The van der Waals surface area contributed by atoms with E-state index < -0.39 is 0 Å². The maximum atomic E-state index is 10.6. The van der Waals surface area contributed by atoms with E-state index in [1.807, 2.05) is 18.4 Å². The number of nitrogens with zero attached hydrogens (tertiary/aromatic N) is 3. The average molecular weight is 201 g/mol. The van der Waals surface area contributed by atoms with Crippen molar-refractivity contribution in [1.82, 2.24) is 14.5 Å². The number of carbonyl (C=O) groups is 1. The zero-order valence-electron chi connectivity index (χ0n) is 8.64. The third kappa shape index (κ3) is 1.66. The Balaban J connectivity index is 2.53. The molecular weight excluding hydrogens is 190 g/mol. The molecule has 0 N–H and O–H groups in total. The van der Waals surface area contributed by atoms with Gasteiger partial charge in [0.05, 0.1) is 23.9 Å². The summed E-state index contributed by atoms with van der Waals surface area (Å²) in [5, 5.41) is 0. The molecule has 0 aliphatic rings. The molecule has 4 nitrogen and oxygen atoms in total. The Labute approximate surface area is 87.6 Å². The smallest absolute Gasteiger partial charge is 0.151 e. The minimum atomic E-state index is 0.568. The summed E-state index contributed by atoms with van der Waals surface area (Å²) >= 11 is 0. The summed E-state index contributed by atoms with van der Waals surface area (Å²) in [5.74, 6) is 0. The third-order valence-corrected chi connectivity index (χ3v) is 2.41. The van der Waals surface area contributed by atoms with Gasteiger partial charge in [0.2, 0.25) is 0 Å². The molecule has 0 bridgehead atoms. The molecule has 2 aromatic heterocycles. The highest BCUT2D eigenvalue weighted by Gasteiger charge is 2.04. The minimum Gasteiger partial charge on any atom is -0.302 e. The van der Waals surface area contributed by atoms with Crippen molar-refractivity contribution in [1.29, 1.82) is 0 Å². The van der Waals surface area contributed by atoms with Crippen LogP contribution in [0.4, 0.5) is 0 Å². The third-order valence-electron chi connectivity index (χ3n) is 2.41. The largest absolute Gasteiger partial charge is 0.302 e. The van der Waals surface area contributed by atoms with Gasteiger partial charge in [-0.15, -0.1) is 0 Å². The maximum absolute atomic E-state index is 10.6. The fourth-order valence-electron chi connectivity index (χ4n) is 1.40. The number of pyridine rings is 1. The van der Waals surface area contributed by atoms with Crippen LogP contribution in [-0.2, 0) is 0 Å². The normalized spacial score (nSPS) is 10.3. The van der Waals surface area contributed by atoms with E-state index in [2.05, 4.69) is 9.97 Å². The van der Waals surface area contributed by atoms with Crippen LogP contribution in [-0.4, -0.2) is 20.8 Å². The molecule has 0 aliphatic carbocycles. The molecule has 0 fully saturated rings. The molecule has 2 aromatic rings. The number of imidazole rings is 1. The number of aromatic nitrogens is 3. The minimum absolute atomic E-state index is 0.568. The van der Waals surface area contributed by atoms with Crippen LogP contribution in [0.15, 0.2) is 24.8 Å². The highest BCUT2D eigenvalue weighted by Crippen LogP contribution is 2.13. The first-order chi connectivity index (χ1) is 7.22. The molecule has 0 saturated heterocycles. The molecule has 0 aliphatic heterocycles. The first-order valence-corrected chi connectivity index (χ1v) is 4.63. The van der Waals surface area contributed by atoms with Crippen LogP contribution in [0.3, 0.4) is 0 Å². The molecule has 15 heavy (non-hydrogen) atoms. The SMILES string of the molecule is Cc1ncn(-c2cncc(C=O)c2)c1C. The van der Waals surface area contributed by atoms with Gasteiger partial charge in [0.25, 0.3) is 0 Å². The predicted octanol–water partition coefficient (Wildman–Crippen LogP) is 1.70. The zero-order valence-corrected chi connectivity index (χ0v) is 8.64. The number of aryl methyl sites for hydroxylation is 1. The summed E-state index contributed by atoms with van der Waals surface area (Å²) in [4.78, 5) is 18.8. The second-order valence-electron chi connectivity index (χ2n) is 3.38. The second kappa shape index (κ2) is 3.65. The number of aldehydes is 1. The molecule has 4 heteroatoms. The Bertz CT molecular complexity index is 502. The Hall–Kier alpha value is -1.97. The topological polar surface area (TPSA) is 47.8 Å². The lowest BCUT2D eigenvalue weighted by Crippen LogP contribution is -1.97. The first-order valence-electron chi connectivity index (χ1n) is 4.63. The van der Waals surface area contributed by atoms with Gasteiger partial charge in [-0.05, 0) is 19.9 Å². The molecule has 2 rings (SSSR count). The molecule has 0 atom stereocenters. The average Bonchev–Trinajstić information content (AvgIpc) is 2.60. The lowest BCUT2D eigenvalue weighted by Gasteiger charge is -2.04. The zero-order chi connectivity index (χ0) is 10.8. The Morgan fingerprint density at radius 1 is 1.33 bits per heavy atom. The van der Waals surface area contributed by atoms with Gasteiger partial charge in [-0.25, -0.2) is 4.98 Å². The fraction of sp³-hybridized carbons (Fsp3) is 0.182. The van der Waals surface area contributed by atoms with E-state index in [9.17, 15) is 4.79 Å². The van der Waals surface area contributed by atoms with E-state index >= 15 is 0 Å². The Morgan fingerprint density at radius 2 is 2.13 bits per heavy atom. The second-order valence-corrected chi connectivity index (χ2v) is 3.38. The molecule has 0 amide bonds. The van der Waals surface area contributed by atoms with Crippen LogP contribution in [0.1, 0.15) is 21.7 Å². The van der Waals surface area contributed by atoms with Crippen molar-refractivity contribution in [3.63, 3.8) is 0 Å². The van der Waals surface area contributed by atoms with E-state index in [0.29, 0.717) is 5.56 Å². The highest BCUT2D eigenvalue weighted by molar-refractivity contribution is 5.75. The lowest BCUT2D eigenvalue weighted by molar-refractivity contribution is 0.112. The molecule has 76 valence electrons. The van der Waals surface area contributed by atoms with Crippen LogP contribution in [0, 0.1) is 13.8 Å². The van der Waals surface area contributed by atoms with Gasteiger partial charge in [0, 0.05) is 17.5 Å². The van der Waals surface area contributed by atoms with E-state index in [1.165, 1.54) is 6.20 Å². The van der Waals surface area contributed by atoms with Crippen LogP contribution >= 0.6 is 0 Å². The summed E-state index contributed by atoms with van der Waals surface area (Å²) in [7, 11) is 0. The molecule has 0 radical (unpaired) electrons. The summed E-state index contributed by atoms with van der Waals surface area (Å²) in [6, 6.07) is 1.79. The molecule has 2 heterocycles. The van der Waals surface area contributed by atoms with Crippen molar-refractivity contribution in [2.45, 2.75) is 13.8 Å². The number of rotatable bonds is 2. The van der Waals surface area contributed by atoms with Crippen LogP contribution in [0.2, 0.25) is 0 Å². The van der Waals surface area contributed by atoms with Crippen molar-refractivity contribution in [3.05, 3.63) is 41.7 Å². The molecule has 0 unspecified atom stereocenters. The monoisotopic (exact) mass is 201 g/mol. The number of hydrogen-bond donors (Lipinski definition) is 0. The fourth-order valence-corrected chi connectivity index (χ4v) is 1.40. The van der Waals surface area contributed by atoms with Gasteiger partial charge in [0.1, 0.15) is 0 Å². The van der Waals surface area contributed by atoms with Crippen LogP contribution in [0.5, 0.6) is 0 Å². The highest BCUT2D eigenvalue weighted by atomic mass is 16.1. The summed E-state index contributed by atoms with van der Waals surface area (Å²) in [6.07, 6.45) is 5.77. The first kappa shape index (κ1) is 9.58. The van der Waals surface area contributed by atoms with Crippen molar-refractivity contribution in [2.75, 3.05) is 0 Å². The number of hydrogen-bond acceptors (Lipinski definition) is 3. The van der Waals surface area contributed by atoms with Crippen molar-refractivity contribution < 1.29 is 4.79 Å². The van der Waals surface area contributed by atoms with Gasteiger partial charge < -0.3 is 4.57 Å². The predicted molar refractivity (Wildman–Crippen MR) is 56.2 cm³/mol. The van der Waals surface area contributed by atoms with E-state index in [1.54, 1.807) is 18.6 Å². The van der Waals surface area contributed by atoms with Crippen LogP contribution < -0.4 is 0 Å². The molecule has 0 spiro atoms. The summed E-state index contributed by atoms with van der Waals surface area (Å²) in [6.45, 7) is 3.93. The maximum Gasteiger partial charge on any atom is 0.151 e. The Kier molecular flexibility index (Phi) is 2.33. The van der Waals surface area contributed by atoms with Gasteiger partial charge in [-0.3, -0.25) is 9.78 Å². The van der Waals surface area contributed by atoms with Gasteiger partial charge in [0.15, 0.2) is 6.29 Å². The van der Waals surface area contributed by atoms with E-state index in [0.717, 1.165) is 23.4 Å². The molecule has 0 aromatic carbocycles. The van der Waals surface area contributed by atoms with Crippen molar-refractivity contribution in [2.24, 2.45) is 0 Å². The summed E-state index contributed by atoms with van der Waals surface area (Å²) < 4.78 is 1.91. The van der Waals surface area contributed by atoms with Crippen molar-refractivity contribution >= 4 is 6.29 Å². The standard InChI is InChI=1S/C11H11N3O/c1-8-9(2)14(7-13-8)11-3-10(6-15)4-12-5-11/h3-7H,1-2H3. The number of carbonyl (C=O) groups excluding carboxylic acids is 1. The molecule has 0 saturated carbocycles. The van der Waals surface area contributed by atoms with E-state index in [4.69, 9.17) is 0 Å². The van der Waals surface area contributed by atoms with E-state index in [-0.39, 0.29) is 0 Å². The van der Waals surface area contributed by atoms with Gasteiger partial charge >= 0.3 is 0 Å². The quantitative estimate of drug-likeness (QED) is 0.695. The molecular formula is C11H11N3O. The van der Waals surface area contributed by atoms with Crippen LogP contribution in [0.25, 0.3) is 5.69 Å². The lowest BCUT2D eigenvalue weighted by atomic mass is 10.3.